The number of amides is 1. The zero-order chi connectivity index (χ0) is 21.6. The fourth-order valence-electron chi connectivity index (χ4n) is 2.75. The third-order valence-corrected chi connectivity index (χ3v) is 7.15. The number of nitro groups is 1. The molecule has 0 aliphatic carbocycles. The number of nitrogens with zero attached hydrogens (tertiary/aromatic N) is 2. The Morgan fingerprint density at radius 2 is 1.76 bits per heavy atom. The number of carbonyl (C=O) groups is 1. The van der Waals surface area contributed by atoms with Gasteiger partial charge in [0.05, 0.1) is 9.82 Å². The molecule has 0 bridgehead atoms. The van der Waals surface area contributed by atoms with Crippen LogP contribution in [0, 0.1) is 10.1 Å². The van der Waals surface area contributed by atoms with Crippen molar-refractivity contribution in [1.82, 2.24) is 9.62 Å². The third kappa shape index (κ3) is 5.34. The molecule has 29 heavy (non-hydrogen) atoms. The zero-order valence-corrected chi connectivity index (χ0v) is 18.0. The number of benzene rings is 2. The van der Waals surface area contributed by atoms with E-state index >= 15 is 0 Å². The number of nitrogens with one attached hydrogen (secondary N) is 1. The number of hydrogen-bond donors (Lipinski definition) is 1. The fraction of sp³-hybridized carbons (Fsp3) is 0.316. The van der Waals surface area contributed by atoms with Crippen LogP contribution in [0.5, 0.6) is 0 Å². The van der Waals surface area contributed by atoms with Crippen molar-refractivity contribution < 1.29 is 18.1 Å². The maximum absolute atomic E-state index is 12.5. The summed E-state index contributed by atoms with van der Waals surface area (Å²) < 4.78 is 26.4. The van der Waals surface area contributed by atoms with Crippen LogP contribution >= 0.6 is 11.8 Å². The predicted molar refractivity (Wildman–Crippen MR) is 113 cm³/mol. The van der Waals surface area contributed by atoms with Gasteiger partial charge in [-0.1, -0.05) is 26.0 Å². The minimum absolute atomic E-state index is 0.0115. The Morgan fingerprint density at radius 3 is 2.28 bits per heavy atom. The molecule has 0 saturated heterocycles. The lowest BCUT2D eigenvalue weighted by Gasteiger charge is -2.18. The van der Waals surface area contributed by atoms with Gasteiger partial charge in [-0.05, 0) is 36.1 Å². The Hall–Kier alpha value is -2.43. The normalized spacial score (nSPS) is 11.4. The number of thioether (sulfide) groups is 1. The van der Waals surface area contributed by atoms with Gasteiger partial charge in [0, 0.05) is 30.6 Å². The maximum Gasteiger partial charge on any atom is 0.282 e. The molecule has 0 aromatic heterocycles. The SMILES string of the molecule is CCN(CC)S(=O)(=O)c1ccc(CNC(=O)c2cc(SC)ccc2[N+](=O)[O-])cc1. The van der Waals surface area contributed by atoms with E-state index in [1.165, 1.54) is 40.3 Å². The van der Waals surface area contributed by atoms with Gasteiger partial charge < -0.3 is 5.32 Å². The standard InChI is InChI=1S/C19H23N3O5S2/c1-4-21(5-2)29(26,27)16-9-6-14(7-10-16)13-20-19(23)17-12-15(28-3)8-11-18(17)22(24)25/h6-12H,4-5,13H2,1-3H3,(H,20,23). The van der Waals surface area contributed by atoms with Crippen LogP contribution in [0.2, 0.25) is 0 Å². The minimum Gasteiger partial charge on any atom is -0.348 e. The summed E-state index contributed by atoms with van der Waals surface area (Å²) in [5.74, 6) is -0.563. The Morgan fingerprint density at radius 1 is 1.14 bits per heavy atom. The lowest BCUT2D eigenvalue weighted by atomic mass is 10.1. The molecule has 8 nitrogen and oxygen atoms in total. The summed E-state index contributed by atoms with van der Waals surface area (Å²) in [6, 6.07) is 10.6. The van der Waals surface area contributed by atoms with E-state index in [0.717, 1.165) is 4.90 Å². The number of carbonyl (C=O) groups excluding carboxylic acids is 1. The first-order valence-electron chi connectivity index (χ1n) is 8.94. The van der Waals surface area contributed by atoms with Crippen molar-refractivity contribution in [3.8, 4) is 0 Å². The molecule has 0 saturated carbocycles. The lowest BCUT2D eigenvalue weighted by Crippen LogP contribution is -2.30. The highest BCUT2D eigenvalue weighted by Crippen LogP contribution is 2.25. The molecule has 0 unspecified atom stereocenters. The van der Waals surface area contributed by atoms with E-state index in [1.807, 2.05) is 6.26 Å². The fourth-order valence-corrected chi connectivity index (χ4v) is 4.65. The van der Waals surface area contributed by atoms with E-state index in [9.17, 15) is 23.3 Å². The predicted octanol–water partition coefficient (Wildman–Crippen LogP) is 3.28. The summed E-state index contributed by atoms with van der Waals surface area (Å²) in [6.45, 7) is 4.42. The summed E-state index contributed by atoms with van der Waals surface area (Å²) >= 11 is 1.38. The van der Waals surface area contributed by atoms with Gasteiger partial charge in [-0.2, -0.15) is 4.31 Å². The molecule has 0 aliphatic rings. The lowest BCUT2D eigenvalue weighted by molar-refractivity contribution is -0.385. The van der Waals surface area contributed by atoms with Crippen molar-refractivity contribution in [3.63, 3.8) is 0 Å². The van der Waals surface area contributed by atoms with Crippen molar-refractivity contribution in [2.75, 3.05) is 19.3 Å². The van der Waals surface area contributed by atoms with Crippen LogP contribution in [0.15, 0.2) is 52.3 Å². The zero-order valence-electron chi connectivity index (χ0n) is 16.4. The summed E-state index contributed by atoms with van der Waals surface area (Å²) in [6.07, 6.45) is 1.82. The second-order valence-electron chi connectivity index (χ2n) is 6.06. The highest BCUT2D eigenvalue weighted by molar-refractivity contribution is 7.98. The summed E-state index contributed by atoms with van der Waals surface area (Å²) in [5, 5.41) is 13.8. The number of hydrogen-bond acceptors (Lipinski definition) is 6. The van der Waals surface area contributed by atoms with Crippen molar-refractivity contribution >= 4 is 33.4 Å². The first kappa shape index (κ1) is 22.9. The van der Waals surface area contributed by atoms with Gasteiger partial charge in [-0.15, -0.1) is 11.8 Å². The van der Waals surface area contributed by atoms with Crippen molar-refractivity contribution in [1.29, 1.82) is 0 Å². The molecule has 0 heterocycles. The molecule has 0 fully saturated rings. The molecule has 0 radical (unpaired) electrons. The highest BCUT2D eigenvalue weighted by atomic mass is 32.2. The second-order valence-corrected chi connectivity index (χ2v) is 8.87. The van der Waals surface area contributed by atoms with E-state index in [2.05, 4.69) is 5.32 Å². The van der Waals surface area contributed by atoms with Gasteiger partial charge in [-0.25, -0.2) is 8.42 Å². The molecule has 1 amide bonds. The first-order valence-corrected chi connectivity index (χ1v) is 11.6. The average molecular weight is 438 g/mol. The molecular formula is C19H23N3O5S2. The Labute approximate surface area is 174 Å². The molecule has 0 atom stereocenters. The topological polar surface area (TPSA) is 110 Å². The Bertz CT molecular complexity index is 987. The molecule has 1 N–H and O–H groups in total. The van der Waals surface area contributed by atoms with Crippen LogP contribution in [0.1, 0.15) is 29.8 Å². The van der Waals surface area contributed by atoms with Crippen LogP contribution < -0.4 is 5.32 Å². The van der Waals surface area contributed by atoms with E-state index in [4.69, 9.17) is 0 Å². The molecule has 0 spiro atoms. The number of nitro benzene ring substituents is 1. The Kier molecular flexibility index (Phi) is 7.77. The van der Waals surface area contributed by atoms with Gasteiger partial charge in [-0.3, -0.25) is 14.9 Å². The Balaban J connectivity index is 2.15. The summed E-state index contributed by atoms with van der Waals surface area (Å²) in [5.41, 5.74) is 0.407. The van der Waals surface area contributed by atoms with Crippen LogP contribution in [0.25, 0.3) is 0 Å². The molecule has 0 aliphatic heterocycles. The van der Waals surface area contributed by atoms with E-state index in [1.54, 1.807) is 32.0 Å². The van der Waals surface area contributed by atoms with Crippen molar-refractivity contribution in [3.05, 3.63) is 63.7 Å². The summed E-state index contributed by atoms with van der Waals surface area (Å²) in [4.78, 5) is 24.0. The monoisotopic (exact) mass is 437 g/mol. The molecule has 2 aromatic carbocycles. The molecular weight excluding hydrogens is 414 g/mol. The first-order chi connectivity index (χ1) is 13.7. The van der Waals surface area contributed by atoms with Crippen LogP contribution in [0.3, 0.4) is 0 Å². The maximum atomic E-state index is 12.5. The summed E-state index contributed by atoms with van der Waals surface area (Å²) in [7, 11) is -3.55. The van der Waals surface area contributed by atoms with E-state index < -0.39 is 20.9 Å². The highest BCUT2D eigenvalue weighted by Gasteiger charge is 2.22. The van der Waals surface area contributed by atoms with Gasteiger partial charge in [0.2, 0.25) is 10.0 Å². The van der Waals surface area contributed by atoms with Crippen LogP contribution in [-0.2, 0) is 16.6 Å². The molecule has 2 rings (SSSR count). The van der Waals surface area contributed by atoms with Crippen molar-refractivity contribution in [2.45, 2.75) is 30.2 Å². The number of sulfonamides is 1. The van der Waals surface area contributed by atoms with Crippen LogP contribution in [-0.4, -0.2) is 42.9 Å². The molecule has 156 valence electrons. The van der Waals surface area contributed by atoms with Gasteiger partial charge >= 0.3 is 0 Å². The quantitative estimate of drug-likeness (QED) is 0.366. The van der Waals surface area contributed by atoms with Crippen molar-refractivity contribution in [2.24, 2.45) is 0 Å². The molecule has 2 aromatic rings. The van der Waals surface area contributed by atoms with E-state index in [-0.39, 0.29) is 22.7 Å². The number of rotatable bonds is 9. The third-order valence-electron chi connectivity index (χ3n) is 4.36. The largest absolute Gasteiger partial charge is 0.348 e. The minimum atomic E-state index is -3.55. The second kappa shape index (κ2) is 9.86. The smallest absolute Gasteiger partial charge is 0.282 e. The van der Waals surface area contributed by atoms with Crippen LogP contribution in [0.4, 0.5) is 5.69 Å². The van der Waals surface area contributed by atoms with Gasteiger partial charge in [0.15, 0.2) is 0 Å². The average Bonchev–Trinajstić information content (AvgIpc) is 2.72. The van der Waals surface area contributed by atoms with E-state index in [0.29, 0.717) is 18.7 Å². The molecule has 10 heteroatoms. The van der Waals surface area contributed by atoms with Gasteiger partial charge in [0.1, 0.15) is 5.56 Å². The van der Waals surface area contributed by atoms with Gasteiger partial charge in [0.25, 0.3) is 11.6 Å².